The van der Waals surface area contributed by atoms with Crippen LogP contribution >= 0.6 is 11.6 Å². The SMILES string of the molecule is O=[N+]([O-])c1ccc(Oc2cccc(Cl)c2)c(S(=O)(=O)N2CCCC2)c1. The third-order valence-corrected chi connectivity index (χ3v) is 6.00. The molecule has 0 aliphatic carbocycles. The summed E-state index contributed by atoms with van der Waals surface area (Å²) in [6.45, 7) is 0.781. The van der Waals surface area contributed by atoms with E-state index in [0.29, 0.717) is 23.9 Å². The third-order valence-electron chi connectivity index (χ3n) is 3.84. The van der Waals surface area contributed by atoms with Crippen LogP contribution in [0.5, 0.6) is 11.5 Å². The van der Waals surface area contributed by atoms with Crippen LogP contribution in [0.4, 0.5) is 5.69 Å². The second-order valence-electron chi connectivity index (χ2n) is 5.56. The molecule has 0 aromatic heterocycles. The summed E-state index contributed by atoms with van der Waals surface area (Å²) in [6.07, 6.45) is 1.53. The van der Waals surface area contributed by atoms with Gasteiger partial charge < -0.3 is 4.74 Å². The molecule has 7 nitrogen and oxygen atoms in total. The summed E-state index contributed by atoms with van der Waals surface area (Å²) >= 11 is 5.92. The number of hydrogen-bond donors (Lipinski definition) is 0. The van der Waals surface area contributed by atoms with Crippen LogP contribution in [0.3, 0.4) is 0 Å². The first-order valence-corrected chi connectivity index (χ1v) is 9.42. The van der Waals surface area contributed by atoms with Crippen LogP contribution in [0.2, 0.25) is 5.02 Å². The summed E-state index contributed by atoms with van der Waals surface area (Å²) < 4.78 is 32.7. The Hall–Kier alpha value is -2.16. The molecule has 0 N–H and O–H groups in total. The van der Waals surface area contributed by atoms with Gasteiger partial charge in [-0.3, -0.25) is 10.1 Å². The molecule has 0 unspecified atom stereocenters. The molecule has 1 heterocycles. The standard InChI is InChI=1S/C16H15ClN2O5S/c17-12-4-3-5-14(10-12)24-15-7-6-13(19(20)21)11-16(15)25(22,23)18-8-1-2-9-18/h3-7,10-11H,1-2,8-9H2. The molecule has 0 saturated carbocycles. The Morgan fingerprint density at radius 2 is 1.84 bits per heavy atom. The zero-order valence-corrected chi connectivity index (χ0v) is 14.7. The summed E-state index contributed by atoms with van der Waals surface area (Å²) in [6, 6.07) is 10.0. The number of sulfonamides is 1. The van der Waals surface area contributed by atoms with E-state index in [2.05, 4.69) is 0 Å². The molecule has 0 radical (unpaired) electrons. The first kappa shape index (κ1) is 17.7. The van der Waals surface area contributed by atoms with Crippen molar-refractivity contribution in [3.8, 4) is 11.5 Å². The minimum absolute atomic E-state index is 0.0276. The van der Waals surface area contributed by atoms with Crippen LogP contribution in [0.1, 0.15) is 12.8 Å². The van der Waals surface area contributed by atoms with Crippen molar-refractivity contribution in [2.75, 3.05) is 13.1 Å². The number of non-ortho nitro benzene ring substituents is 1. The van der Waals surface area contributed by atoms with Crippen LogP contribution < -0.4 is 4.74 Å². The Morgan fingerprint density at radius 1 is 1.12 bits per heavy atom. The molecular formula is C16H15ClN2O5S. The van der Waals surface area contributed by atoms with Crippen molar-refractivity contribution >= 4 is 27.3 Å². The van der Waals surface area contributed by atoms with Crippen molar-refractivity contribution in [3.05, 3.63) is 57.6 Å². The Kier molecular flexibility index (Phi) is 4.94. The molecule has 132 valence electrons. The largest absolute Gasteiger partial charge is 0.456 e. The highest BCUT2D eigenvalue weighted by atomic mass is 35.5. The van der Waals surface area contributed by atoms with Gasteiger partial charge in [-0.1, -0.05) is 17.7 Å². The Balaban J connectivity index is 2.07. The van der Waals surface area contributed by atoms with Gasteiger partial charge in [-0.2, -0.15) is 4.31 Å². The minimum atomic E-state index is -3.88. The second-order valence-corrected chi connectivity index (χ2v) is 7.90. The van der Waals surface area contributed by atoms with Crippen molar-refractivity contribution in [1.82, 2.24) is 4.31 Å². The maximum Gasteiger partial charge on any atom is 0.271 e. The van der Waals surface area contributed by atoms with Crippen molar-refractivity contribution in [3.63, 3.8) is 0 Å². The number of nitrogens with zero attached hydrogens (tertiary/aromatic N) is 2. The molecule has 9 heteroatoms. The number of nitro benzene ring substituents is 1. The van der Waals surface area contributed by atoms with E-state index in [-0.39, 0.29) is 16.3 Å². The number of nitro groups is 1. The zero-order valence-electron chi connectivity index (χ0n) is 13.1. The predicted octanol–water partition coefficient (Wildman–Crippen LogP) is 3.83. The zero-order chi connectivity index (χ0) is 18.0. The molecule has 25 heavy (non-hydrogen) atoms. The van der Waals surface area contributed by atoms with E-state index >= 15 is 0 Å². The number of halogens is 1. The van der Waals surface area contributed by atoms with Gasteiger partial charge in [0.05, 0.1) is 4.92 Å². The van der Waals surface area contributed by atoms with Crippen LogP contribution in [0.25, 0.3) is 0 Å². The molecule has 0 atom stereocenters. The summed E-state index contributed by atoms with van der Waals surface area (Å²) in [5.74, 6) is 0.374. The molecule has 1 aliphatic heterocycles. The number of rotatable bonds is 5. The van der Waals surface area contributed by atoms with Gasteiger partial charge in [0.25, 0.3) is 5.69 Å². The molecular weight excluding hydrogens is 368 g/mol. The lowest BCUT2D eigenvalue weighted by Crippen LogP contribution is -2.28. The highest BCUT2D eigenvalue weighted by Crippen LogP contribution is 2.35. The summed E-state index contributed by atoms with van der Waals surface area (Å²) in [5, 5.41) is 11.5. The minimum Gasteiger partial charge on any atom is -0.456 e. The lowest BCUT2D eigenvalue weighted by molar-refractivity contribution is -0.385. The Labute approximate surface area is 150 Å². The fourth-order valence-corrected chi connectivity index (χ4v) is 4.45. The van der Waals surface area contributed by atoms with Crippen LogP contribution in [0.15, 0.2) is 47.4 Å². The maximum atomic E-state index is 12.9. The van der Waals surface area contributed by atoms with E-state index in [1.165, 1.54) is 22.5 Å². The third kappa shape index (κ3) is 3.76. The summed E-state index contributed by atoms with van der Waals surface area (Å²) in [5.41, 5.74) is -0.309. The van der Waals surface area contributed by atoms with Gasteiger partial charge in [0.15, 0.2) is 0 Å². The molecule has 0 spiro atoms. The highest BCUT2D eigenvalue weighted by molar-refractivity contribution is 7.89. The van der Waals surface area contributed by atoms with Gasteiger partial charge in [-0.05, 0) is 37.1 Å². The fraction of sp³-hybridized carbons (Fsp3) is 0.250. The highest BCUT2D eigenvalue weighted by Gasteiger charge is 2.31. The van der Waals surface area contributed by atoms with Gasteiger partial charge in [0, 0.05) is 30.2 Å². The molecule has 2 aromatic rings. The number of benzene rings is 2. The summed E-state index contributed by atoms with van der Waals surface area (Å²) in [7, 11) is -3.88. The van der Waals surface area contributed by atoms with Crippen LogP contribution in [-0.4, -0.2) is 30.7 Å². The Morgan fingerprint density at radius 3 is 2.48 bits per heavy atom. The van der Waals surface area contributed by atoms with E-state index in [1.54, 1.807) is 18.2 Å². The fourth-order valence-electron chi connectivity index (χ4n) is 2.62. The van der Waals surface area contributed by atoms with Crippen LogP contribution in [0, 0.1) is 10.1 Å². The topological polar surface area (TPSA) is 89.7 Å². The van der Waals surface area contributed by atoms with Gasteiger partial charge in [0.1, 0.15) is 16.4 Å². The number of ether oxygens (including phenoxy) is 1. The smallest absolute Gasteiger partial charge is 0.271 e. The van der Waals surface area contributed by atoms with Gasteiger partial charge >= 0.3 is 0 Å². The van der Waals surface area contributed by atoms with Gasteiger partial charge in [-0.15, -0.1) is 0 Å². The first-order valence-electron chi connectivity index (χ1n) is 7.60. The Bertz CT molecular complexity index is 910. The average molecular weight is 383 g/mol. The van der Waals surface area contributed by atoms with Crippen LogP contribution in [-0.2, 0) is 10.0 Å². The first-order chi connectivity index (χ1) is 11.9. The average Bonchev–Trinajstić information content (AvgIpc) is 3.10. The van der Waals surface area contributed by atoms with E-state index in [1.807, 2.05) is 0 Å². The predicted molar refractivity (Wildman–Crippen MR) is 92.6 cm³/mol. The van der Waals surface area contributed by atoms with Crippen molar-refractivity contribution in [2.24, 2.45) is 0 Å². The molecule has 0 amide bonds. The lowest BCUT2D eigenvalue weighted by atomic mass is 10.3. The van der Waals surface area contributed by atoms with E-state index in [0.717, 1.165) is 18.9 Å². The van der Waals surface area contributed by atoms with E-state index < -0.39 is 14.9 Å². The summed E-state index contributed by atoms with van der Waals surface area (Å²) in [4.78, 5) is 10.2. The quantitative estimate of drug-likeness (QED) is 0.579. The second kappa shape index (κ2) is 6.99. The normalized spacial score (nSPS) is 15.2. The molecule has 1 fully saturated rings. The van der Waals surface area contributed by atoms with Crippen molar-refractivity contribution in [2.45, 2.75) is 17.7 Å². The monoisotopic (exact) mass is 382 g/mol. The molecule has 0 bridgehead atoms. The van der Waals surface area contributed by atoms with Gasteiger partial charge in [-0.25, -0.2) is 8.42 Å². The van der Waals surface area contributed by atoms with E-state index in [4.69, 9.17) is 16.3 Å². The number of hydrogen-bond acceptors (Lipinski definition) is 5. The van der Waals surface area contributed by atoms with Crippen molar-refractivity contribution < 1.29 is 18.1 Å². The molecule has 1 saturated heterocycles. The van der Waals surface area contributed by atoms with Gasteiger partial charge in [0.2, 0.25) is 10.0 Å². The molecule has 2 aromatic carbocycles. The molecule has 3 rings (SSSR count). The molecule has 1 aliphatic rings. The van der Waals surface area contributed by atoms with Crippen molar-refractivity contribution in [1.29, 1.82) is 0 Å². The maximum absolute atomic E-state index is 12.9. The van der Waals surface area contributed by atoms with E-state index in [9.17, 15) is 18.5 Å². The lowest BCUT2D eigenvalue weighted by Gasteiger charge is -2.18.